The molecule has 21 heavy (non-hydrogen) atoms. The van der Waals surface area contributed by atoms with Crippen molar-refractivity contribution in [3.63, 3.8) is 0 Å². The lowest BCUT2D eigenvalue weighted by molar-refractivity contribution is 0.102. The smallest absolute Gasteiger partial charge is 0.257 e. The number of halogens is 2. The molecule has 6 nitrogen and oxygen atoms in total. The number of nitrogens with zero attached hydrogens (tertiary/aromatic N) is 1. The average Bonchev–Trinajstić information content (AvgIpc) is 2.40. The van der Waals surface area contributed by atoms with Crippen LogP contribution in [-0.4, -0.2) is 19.3 Å². The Labute approximate surface area is 134 Å². The van der Waals surface area contributed by atoms with Crippen LogP contribution in [-0.2, 0) is 10.0 Å². The number of aromatic nitrogens is 1. The molecule has 1 aromatic carbocycles. The number of nitrogens with two attached hydrogens (primary N) is 1. The highest BCUT2D eigenvalue weighted by Crippen LogP contribution is 2.25. The molecule has 1 aromatic heterocycles. The van der Waals surface area contributed by atoms with Crippen LogP contribution < -0.4 is 10.5 Å². The van der Waals surface area contributed by atoms with Crippen LogP contribution in [0.25, 0.3) is 0 Å². The first-order valence-electron chi connectivity index (χ1n) is 5.52. The first-order chi connectivity index (χ1) is 9.77. The summed E-state index contributed by atoms with van der Waals surface area (Å²) in [5, 5.41) is 7.74. The molecule has 0 saturated carbocycles. The molecule has 0 aliphatic heterocycles. The third-order valence-corrected chi connectivity index (χ3v) is 4.21. The number of primary sulfonamides is 1. The van der Waals surface area contributed by atoms with E-state index in [2.05, 4.69) is 26.2 Å². The molecule has 0 unspecified atom stereocenters. The van der Waals surface area contributed by atoms with E-state index in [1.807, 2.05) is 0 Å². The van der Waals surface area contributed by atoms with E-state index in [1.165, 1.54) is 24.4 Å². The molecule has 0 atom stereocenters. The van der Waals surface area contributed by atoms with Gasteiger partial charge < -0.3 is 5.32 Å². The molecule has 2 rings (SSSR count). The van der Waals surface area contributed by atoms with Gasteiger partial charge in [-0.15, -0.1) is 0 Å². The number of carbonyl (C=O) groups is 1. The fourth-order valence-corrected chi connectivity index (χ4v) is 2.42. The van der Waals surface area contributed by atoms with Gasteiger partial charge in [0.1, 0.15) is 4.60 Å². The Morgan fingerprint density at radius 3 is 2.57 bits per heavy atom. The molecule has 0 radical (unpaired) electrons. The standard InChI is InChI=1S/C12H9BrClN3O3S/c13-11-4-1-7(6-16-11)12(18)17-10-5-8(21(15,19)20)2-3-9(10)14/h1-6H,(H,17,18)(H2,15,19,20). The van der Waals surface area contributed by atoms with E-state index in [1.54, 1.807) is 12.1 Å². The molecule has 0 saturated heterocycles. The second kappa shape index (κ2) is 6.10. The van der Waals surface area contributed by atoms with Crippen LogP contribution in [0.2, 0.25) is 5.02 Å². The van der Waals surface area contributed by atoms with Crippen molar-refractivity contribution in [3.05, 3.63) is 51.7 Å². The molecule has 1 heterocycles. The van der Waals surface area contributed by atoms with Gasteiger partial charge in [-0.3, -0.25) is 4.79 Å². The lowest BCUT2D eigenvalue weighted by Gasteiger charge is -2.08. The highest BCUT2D eigenvalue weighted by molar-refractivity contribution is 9.10. The van der Waals surface area contributed by atoms with Gasteiger partial charge in [-0.05, 0) is 46.3 Å². The maximum absolute atomic E-state index is 12.0. The Kier molecular flexibility index (Phi) is 4.62. The Bertz CT molecular complexity index is 794. The van der Waals surface area contributed by atoms with Crippen LogP contribution in [0.1, 0.15) is 10.4 Å². The minimum atomic E-state index is -3.88. The zero-order valence-corrected chi connectivity index (χ0v) is 13.5. The largest absolute Gasteiger partial charge is 0.321 e. The summed E-state index contributed by atoms with van der Waals surface area (Å²) in [4.78, 5) is 15.8. The molecule has 9 heteroatoms. The fraction of sp³-hybridized carbons (Fsp3) is 0. The van der Waals surface area contributed by atoms with Gasteiger partial charge in [0, 0.05) is 6.20 Å². The normalized spacial score (nSPS) is 11.2. The molecular weight excluding hydrogens is 382 g/mol. The number of amides is 1. The predicted molar refractivity (Wildman–Crippen MR) is 82.7 cm³/mol. The summed E-state index contributed by atoms with van der Waals surface area (Å²) >= 11 is 9.09. The topological polar surface area (TPSA) is 102 Å². The van der Waals surface area contributed by atoms with E-state index in [9.17, 15) is 13.2 Å². The average molecular weight is 391 g/mol. The number of carbonyl (C=O) groups excluding carboxylic acids is 1. The van der Waals surface area contributed by atoms with Gasteiger partial charge in [-0.25, -0.2) is 18.5 Å². The Hall–Kier alpha value is -1.48. The van der Waals surface area contributed by atoms with Crippen LogP contribution in [0.5, 0.6) is 0 Å². The third kappa shape index (κ3) is 4.01. The minimum Gasteiger partial charge on any atom is -0.321 e. The van der Waals surface area contributed by atoms with E-state index in [0.717, 1.165) is 0 Å². The first-order valence-corrected chi connectivity index (χ1v) is 8.24. The molecular formula is C12H9BrClN3O3S. The third-order valence-electron chi connectivity index (χ3n) is 2.50. The van der Waals surface area contributed by atoms with Gasteiger partial charge in [0.05, 0.1) is 21.2 Å². The van der Waals surface area contributed by atoms with Crippen LogP contribution in [0.15, 0.2) is 46.0 Å². The van der Waals surface area contributed by atoms with E-state index in [-0.39, 0.29) is 15.6 Å². The van der Waals surface area contributed by atoms with Crippen molar-refractivity contribution < 1.29 is 13.2 Å². The summed E-state index contributed by atoms with van der Waals surface area (Å²) in [5.74, 6) is -0.469. The van der Waals surface area contributed by atoms with Crippen LogP contribution in [0, 0.1) is 0 Å². The van der Waals surface area contributed by atoms with E-state index >= 15 is 0 Å². The van der Waals surface area contributed by atoms with Crippen molar-refractivity contribution in [2.75, 3.05) is 5.32 Å². The van der Waals surface area contributed by atoms with E-state index in [0.29, 0.717) is 10.2 Å². The lowest BCUT2D eigenvalue weighted by Crippen LogP contribution is -2.15. The lowest BCUT2D eigenvalue weighted by atomic mass is 10.2. The van der Waals surface area contributed by atoms with E-state index < -0.39 is 15.9 Å². The molecule has 1 amide bonds. The number of pyridine rings is 1. The van der Waals surface area contributed by atoms with Crippen molar-refractivity contribution >= 4 is 49.1 Å². The molecule has 110 valence electrons. The summed E-state index contributed by atoms with van der Waals surface area (Å²) in [5.41, 5.74) is 0.450. The summed E-state index contributed by atoms with van der Waals surface area (Å²) in [6, 6.07) is 6.97. The molecule has 0 bridgehead atoms. The fourth-order valence-electron chi connectivity index (χ4n) is 1.48. The molecule has 0 aliphatic carbocycles. The van der Waals surface area contributed by atoms with Crippen molar-refractivity contribution in [3.8, 4) is 0 Å². The van der Waals surface area contributed by atoms with Crippen LogP contribution in [0.3, 0.4) is 0 Å². The van der Waals surface area contributed by atoms with Crippen LogP contribution in [0.4, 0.5) is 5.69 Å². The number of hydrogen-bond acceptors (Lipinski definition) is 4. The summed E-state index contributed by atoms with van der Waals surface area (Å²) in [6.45, 7) is 0. The number of rotatable bonds is 3. The zero-order chi connectivity index (χ0) is 15.6. The number of sulfonamides is 1. The maximum Gasteiger partial charge on any atom is 0.257 e. The van der Waals surface area contributed by atoms with Crippen LogP contribution >= 0.6 is 27.5 Å². The Balaban J connectivity index is 2.31. The Morgan fingerprint density at radius 1 is 1.29 bits per heavy atom. The zero-order valence-electron chi connectivity index (χ0n) is 10.4. The highest BCUT2D eigenvalue weighted by atomic mass is 79.9. The summed E-state index contributed by atoms with van der Waals surface area (Å²) in [6.07, 6.45) is 1.37. The van der Waals surface area contributed by atoms with Crippen molar-refractivity contribution in [2.45, 2.75) is 4.90 Å². The second-order valence-corrected chi connectivity index (χ2v) is 6.79. The van der Waals surface area contributed by atoms with Gasteiger partial charge in [0.25, 0.3) is 5.91 Å². The van der Waals surface area contributed by atoms with Gasteiger partial charge in [-0.2, -0.15) is 0 Å². The SMILES string of the molecule is NS(=O)(=O)c1ccc(Cl)c(NC(=O)c2ccc(Br)nc2)c1. The Morgan fingerprint density at radius 2 is 2.00 bits per heavy atom. The number of nitrogens with one attached hydrogen (secondary N) is 1. The molecule has 3 N–H and O–H groups in total. The van der Waals surface area contributed by atoms with E-state index in [4.69, 9.17) is 16.7 Å². The molecule has 0 spiro atoms. The monoisotopic (exact) mass is 389 g/mol. The second-order valence-electron chi connectivity index (χ2n) is 4.01. The predicted octanol–water partition coefficient (Wildman–Crippen LogP) is 2.40. The van der Waals surface area contributed by atoms with Gasteiger partial charge in [-0.1, -0.05) is 11.6 Å². The van der Waals surface area contributed by atoms with Gasteiger partial charge in [0.2, 0.25) is 10.0 Å². The maximum atomic E-state index is 12.0. The molecule has 2 aromatic rings. The minimum absolute atomic E-state index is 0.142. The van der Waals surface area contributed by atoms with Gasteiger partial charge in [0.15, 0.2) is 0 Å². The van der Waals surface area contributed by atoms with Crippen molar-refractivity contribution in [1.29, 1.82) is 0 Å². The summed E-state index contributed by atoms with van der Waals surface area (Å²) in [7, 11) is -3.88. The molecule has 0 aliphatic rings. The first kappa shape index (κ1) is 15.9. The van der Waals surface area contributed by atoms with Crippen molar-refractivity contribution in [2.24, 2.45) is 5.14 Å². The number of benzene rings is 1. The molecule has 0 fully saturated rings. The number of hydrogen-bond donors (Lipinski definition) is 2. The number of anilines is 1. The summed E-state index contributed by atoms with van der Waals surface area (Å²) < 4.78 is 23.2. The quantitative estimate of drug-likeness (QED) is 0.786. The van der Waals surface area contributed by atoms with Gasteiger partial charge >= 0.3 is 0 Å². The van der Waals surface area contributed by atoms with Crippen molar-refractivity contribution in [1.82, 2.24) is 4.98 Å². The highest BCUT2D eigenvalue weighted by Gasteiger charge is 2.13.